The van der Waals surface area contributed by atoms with E-state index in [0.717, 1.165) is 28.7 Å². The van der Waals surface area contributed by atoms with Gasteiger partial charge in [0.1, 0.15) is 5.25 Å². The van der Waals surface area contributed by atoms with Crippen LogP contribution in [0.2, 0.25) is 0 Å². The molecule has 2 rings (SSSR count). The number of nitrogens with zero attached hydrogens (tertiary/aromatic N) is 2. The van der Waals surface area contributed by atoms with Crippen LogP contribution in [0.3, 0.4) is 0 Å². The Kier molecular flexibility index (Phi) is 6.49. The van der Waals surface area contributed by atoms with Crippen molar-refractivity contribution >= 4 is 17.7 Å². The van der Waals surface area contributed by atoms with Gasteiger partial charge in [-0.25, -0.2) is 4.98 Å². The van der Waals surface area contributed by atoms with Gasteiger partial charge in [-0.1, -0.05) is 55.9 Å². The first-order valence-electron chi connectivity index (χ1n) is 8.36. The highest BCUT2D eigenvalue weighted by molar-refractivity contribution is 8.00. The number of benzene rings is 1. The molecule has 0 aliphatic carbocycles. The van der Waals surface area contributed by atoms with Gasteiger partial charge in [0.25, 0.3) is 0 Å². The number of thioether (sulfide) groups is 1. The molecule has 0 saturated heterocycles. The maximum absolute atomic E-state index is 12.5. The van der Waals surface area contributed by atoms with Crippen molar-refractivity contribution in [1.82, 2.24) is 9.55 Å². The first kappa shape index (κ1) is 18.6. The fraction of sp³-hybridized carbons (Fsp3) is 0.474. The molecule has 24 heavy (non-hydrogen) atoms. The van der Waals surface area contributed by atoms with Crippen molar-refractivity contribution in [3.05, 3.63) is 47.3 Å². The molecule has 5 heteroatoms. The van der Waals surface area contributed by atoms with Gasteiger partial charge in [-0.3, -0.25) is 4.79 Å². The summed E-state index contributed by atoms with van der Waals surface area (Å²) in [4.78, 5) is 17.2. The van der Waals surface area contributed by atoms with Crippen LogP contribution >= 0.6 is 11.8 Å². The summed E-state index contributed by atoms with van der Waals surface area (Å²) in [5.74, 6) is 0.289. The highest BCUT2D eigenvalue weighted by Crippen LogP contribution is 2.37. The lowest BCUT2D eigenvalue weighted by Crippen LogP contribution is -2.15. The molecule has 1 aromatic heterocycles. The minimum absolute atomic E-state index is 0.219. The molecule has 0 spiro atoms. The number of rotatable bonds is 7. The highest BCUT2D eigenvalue weighted by Gasteiger charge is 2.26. The van der Waals surface area contributed by atoms with E-state index in [2.05, 4.69) is 30.3 Å². The minimum atomic E-state index is -0.404. The Morgan fingerprint density at radius 1 is 1.25 bits per heavy atom. The Balaban J connectivity index is 2.36. The Morgan fingerprint density at radius 2 is 1.92 bits per heavy atom. The topological polar surface area (TPSA) is 44.1 Å². The second kappa shape index (κ2) is 8.38. The second-order valence-corrected chi connectivity index (χ2v) is 7.30. The largest absolute Gasteiger partial charge is 0.465 e. The zero-order chi connectivity index (χ0) is 17.7. The van der Waals surface area contributed by atoms with Crippen molar-refractivity contribution in [1.29, 1.82) is 0 Å². The van der Waals surface area contributed by atoms with Crippen molar-refractivity contribution in [2.45, 2.75) is 51.6 Å². The molecule has 130 valence electrons. The van der Waals surface area contributed by atoms with Crippen LogP contribution < -0.4 is 0 Å². The summed E-state index contributed by atoms with van der Waals surface area (Å²) in [6.45, 7) is 11.6. The highest BCUT2D eigenvalue weighted by atomic mass is 32.2. The summed E-state index contributed by atoms with van der Waals surface area (Å²) in [7, 11) is 0. The maximum atomic E-state index is 12.5. The fourth-order valence-corrected chi connectivity index (χ4v) is 3.69. The maximum Gasteiger partial charge on any atom is 0.324 e. The quantitative estimate of drug-likeness (QED) is 0.545. The predicted molar refractivity (Wildman–Crippen MR) is 98.2 cm³/mol. The van der Waals surface area contributed by atoms with Gasteiger partial charge in [0, 0.05) is 12.2 Å². The normalized spacial score (nSPS) is 12.4. The van der Waals surface area contributed by atoms with E-state index in [1.165, 1.54) is 11.8 Å². The number of carbonyl (C=O) groups excluding carboxylic acids is 1. The van der Waals surface area contributed by atoms with E-state index in [9.17, 15) is 4.79 Å². The monoisotopic (exact) mass is 346 g/mol. The average Bonchev–Trinajstić information content (AvgIpc) is 2.81. The number of imidazole rings is 1. The average molecular weight is 346 g/mol. The smallest absolute Gasteiger partial charge is 0.324 e. The number of ether oxygens (including phenoxy) is 1. The zero-order valence-corrected chi connectivity index (χ0v) is 15.9. The summed E-state index contributed by atoms with van der Waals surface area (Å²) < 4.78 is 7.50. The molecule has 0 amide bonds. The number of carbonyl (C=O) groups is 1. The van der Waals surface area contributed by atoms with Gasteiger partial charge >= 0.3 is 5.97 Å². The molecule has 0 aliphatic heterocycles. The van der Waals surface area contributed by atoms with Crippen LogP contribution in [0, 0.1) is 19.8 Å². The summed E-state index contributed by atoms with van der Waals surface area (Å²) in [5.41, 5.74) is 3.10. The first-order chi connectivity index (χ1) is 11.4. The van der Waals surface area contributed by atoms with E-state index in [1.54, 1.807) is 0 Å². The molecule has 0 N–H and O–H groups in total. The molecule has 0 aliphatic rings. The van der Waals surface area contributed by atoms with Crippen LogP contribution in [0.4, 0.5) is 0 Å². The molecule has 0 fully saturated rings. The van der Waals surface area contributed by atoms with Crippen molar-refractivity contribution in [2.24, 2.45) is 5.92 Å². The molecule has 1 unspecified atom stereocenters. The van der Waals surface area contributed by atoms with E-state index in [4.69, 9.17) is 4.74 Å². The van der Waals surface area contributed by atoms with Crippen molar-refractivity contribution in [2.75, 3.05) is 6.61 Å². The summed E-state index contributed by atoms with van der Waals surface area (Å²) in [6, 6.07) is 9.76. The third kappa shape index (κ3) is 4.41. The number of esters is 1. The zero-order valence-electron chi connectivity index (χ0n) is 15.1. The van der Waals surface area contributed by atoms with E-state index in [-0.39, 0.29) is 5.97 Å². The Hall–Kier alpha value is -1.75. The Labute approximate surface area is 148 Å². The molecule has 0 bridgehead atoms. The van der Waals surface area contributed by atoms with Gasteiger partial charge in [-0.05, 0) is 32.3 Å². The van der Waals surface area contributed by atoms with Crippen LogP contribution in [0.15, 0.2) is 35.5 Å². The van der Waals surface area contributed by atoms with Gasteiger partial charge in [0.05, 0.1) is 12.3 Å². The Morgan fingerprint density at radius 3 is 2.50 bits per heavy atom. The lowest BCUT2D eigenvalue weighted by atomic mass is 10.1. The molecule has 1 heterocycles. The molecule has 1 aromatic carbocycles. The fourth-order valence-electron chi connectivity index (χ4n) is 2.50. The van der Waals surface area contributed by atoms with Crippen LogP contribution in [-0.4, -0.2) is 22.1 Å². The van der Waals surface area contributed by atoms with E-state index in [1.807, 2.05) is 44.2 Å². The van der Waals surface area contributed by atoms with Crippen LogP contribution in [0.25, 0.3) is 0 Å². The molecule has 2 aromatic rings. The molecule has 0 radical (unpaired) electrons. The molecule has 4 nitrogen and oxygen atoms in total. The lowest BCUT2D eigenvalue weighted by Gasteiger charge is -2.17. The third-order valence-corrected chi connectivity index (χ3v) is 5.02. The van der Waals surface area contributed by atoms with Crippen molar-refractivity contribution < 1.29 is 9.53 Å². The van der Waals surface area contributed by atoms with Gasteiger partial charge < -0.3 is 9.30 Å². The van der Waals surface area contributed by atoms with Crippen molar-refractivity contribution in [3.8, 4) is 0 Å². The summed E-state index contributed by atoms with van der Waals surface area (Å²) in [6.07, 6.45) is 0. The van der Waals surface area contributed by atoms with E-state index in [0.29, 0.717) is 12.5 Å². The van der Waals surface area contributed by atoms with Gasteiger partial charge in [-0.2, -0.15) is 0 Å². The van der Waals surface area contributed by atoms with E-state index >= 15 is 0 Å². The molecular weight excluding hydrogens is 320 g/mol. The van der Waals surface area contributed by atoms with Crippen LogP contribution in [-0.2, 0) is 16.1 Å². The number of aromatic nitrogens is 2. The number of hydrogen-bond donors (Lipinski definition) is 0. The van der Waals surface area contributed by atoms with Crippen LogP contribution in [0.5, 0.6) is 0 Å². The van der Waals surface area contributed by atoms with Gasteiger partial charge in [0.2, 0.25) is 0 Å². The molecular formula is C19H26N2O2S. The van der Waals surface area contributed by atoms with Gasteiger partial charge in [0.15, 0.2) is 5.16 Å². The number of aryl methyl sites for hydroxylation is 1. The first-order valence-corrected chi connectivity index (χ1v) is 9.24. The summed E-state index contributed by atoms with van der Waals surface area (Å²) >= 11 is 1.47. The SMILES string of the molecule is CCOC(=O)C(Sc1nc(C)c(C)n1CC(C)C)c1ccccc1. The third-order valence-electron chi connectivity index (χ3n) is 3.80. The predicted octanol–water partition coefficient (Wildman–Crippen LogP) is 4.55. The lowest BCUT2D eigenvalue weighted by molar-refractivity contribution is -0.142. The molecule has 1 atom stereocenters. The summed E-state index contributed by atoms with van der Waals surface area (Å²) in [5, 5.41) is 0.471. The minimum Gasteiger partial charge on any atom is -0.465 e. The van der Waals surface area contributed by atoms with E-state index < -0.39 is 5.25 Å². The molecule has 0 saturated carbocycles. The van der Waals surface area contributed by atoms with Crippen LogP contribution in [0.1, 0.15) is 43.0 Å². The number of hydrogen-bond acceptors (Lipinski definition) is 4. The Bertz CT molecular complexity index is 680. The van der Waals surface area contributed by atoms with Crippen molar-refractivity contribution in [3.63, 3.8) is 0 Å². The standard InChI is InChI=1S/C19H26N2O2S/c1-6-23-18(22)17(16-10-8-7-9-11-16)24-19-20-14(4)15(5)21(19)12-13(2)3/h7-11,13,17H,6,12H2,1-5H3. The van der Waals surface area contributed by atoms with Gasteiger partial charge in [-0.15, -0.1) is 0 Å². The second-order valence-electron chi connectivity index (χ2n) is 6.23.